The number of likely N-dealkylation sites (tertiary alicyclic amines) is 1. The van der Waals surface area contributed by atoms with Crippen molar-refractivity contribution in [3.05, 3.63) is 110 Å². The van der Waals surface area contributed by atoms with Crippen molar-refractivity contribution in [2.75, 3.05) is 0 Å². The number of hydrogen-bond acceptors (Lipinski definition) is 6. The standard InChI is InChI=1S/C25H21N3O5/c1-15-8-9-16(2)19(11-15)14-27-22(18-6-4-10-26-13-18)21(24(30)25(27)31)23(29)17-5-3-7-20(12-17)28(32)33/h3-13,22,29H,14H2,1-2H3/b23-21-. The van der Waals surface area contributed by atoms with E-state index in [1.54, 1.807) is 18.3 Å². The molecule has 8 heteroatoms. The molecular formula is C25H21N3O5. The number of pyridine rings is 1. The normalized spacial score (nSPS) is 17.4. The van der Waals surface area contributed by atoms with Gasteiger partial charge >= 0.3 is 0 Å². The minimum absolute atomic E-state index is 0.0860. The second-order valence-corrected chi connectivity index (χ2v) is 7.95. The average Bonchev–Trinajstić information content (AvgIpc) is 3.06. The lowest BCUT2D eigenvalue weighted by atomic mass is 9.95. The van der Waals surface area contributed by atoms with E-state index in [1.807, 2.05) is 32.0 Å². The number of non-ortho nitro benzene ring substituents is 1. The van der Waals surface area contributed by atoms with Crippen LogP contribution >= 0.6 is 0 Å². The van der Waals surface area contributed by atoms with E-state index in [2.05, 4.69) is 4.98 Å². The molecule has 1 unspecified atom stereocenters. The molecule has 1 amide bonds. The number of Topliss-reactive ketones (excluding diaryl/α,β-unsaturated/α-hetero) is 1. The summed E-state index contributed by atoms with van der Waals surface area (Å²) >= 11 is 0. The smallest absolute Gasteiger partial charge is 0.295 e. The van der Waals surface area contributed by atoms with E-state index in [4.69, 9.17) is 0 Å². The van der Waals surface area contributed by atoms with Crippen molar-refractivity contribution in [3.8, 4) is 0 Å². The van der Waals surface area contributed by atoms with Crippen LogP contribution in [-0.2, 0) is 16.1 Å². The van der Waals surface area contributed by atoms with Gasteiger partial charge in [-0.05, 0) is 36.6 Å². The first kappa shape index (κ1) is 21.9. The number of aliphatic hydroxyl groups excluding tert-OH is 1. The Morgan fingerprint density at radius 2 is 1.91 bits per heavy atom. The number of nitro benzene ring substituents is 1. The SMILES string of the molecule is Cc1ccc(C)c(CN2C(=O)C(=O)/C(=C(\O)c3cccc([N+](=O)[O-])c3)C2c2cccnc2)c1. The quantitative estimate of drug-likeness (QED) is 0.208. The molecule has 0 spiro atoms. The summed E-state index contributed by atoms with van der Waals surface area (Å²) in [4.78, 5) is 42.3. The number of aliphatic hydroxyl groups is 1. The molecule has 1 aliphatic heterocycles. The van der Waals surface area contributed by atoms with E-state index in [9.17, 15) is 24.8 Å². The van der Waals surface area contributed by atoms with E-state index >= 15 is 0 Å². The van der Waals surface area contributed by atoms with Crippen LogP contribution < -0.4 is 0 Å². The number of nitro groups is 1. The summed E-state index contributed by atoms with van der Waals surface area (Å²) < 4.78 is 0. The van der Waals surface area contributed by atoms with Crippen LogP contribution in [-0.4, -0.2) is 31.6 Å². The lowest BCUT2D eigenvalue weighted by molar-refractivity contribution is -0.384. The van der Waals surface area contributed by atoms with Crippen LogP contribution in [0.3, 0.4) is 0 Å². The van der Waals surface area contributed by atoms with E-state index in [-0.39, 0.29) is 23.4 Å². The molecule has 1 aromatic heterocycles. The van der Waals surface area contributed by atoms with Crippen LogP contribution in [0.1, 0.15) is 33.9 Å². The molecule has 0 radical (unpaired) electrons. The van der Waals surface area contributed by atoms with E-state index in [0.29, 0.717) is 5.56 Å². The summed E-state index contributed by atoms with van der Waals surface area (Å²) in [5.41, 5.74) is 3.13. The number of benzene rings is 2. The molecule has 166 valence electrons. The Morgan fingerprint density at radius 3 is 2.61 bits per heavy atom. The number of aromatic nitrogens is 1. The zero-order valence-corrected chi connectivity index (χ0v) is 18.1. The Kier molecular flexibility index (Phi) is 5.74. The van der Waals surface area contributed by atoms with E-state index < -0.39 is 28.4 Å². The van der Waals surface area contributed by atoms with Crippen LogP contribution in [0.4, 0.5) is 5.69 Å². The minimum Gasteiger partial charge on any atom is -0.507 e. The number of hydrogen-bond donors (Lipinski definition) is 1. The fraction of sp³-hybridized carbons (Fsp3) is 0.160. The van der Waals surface area contributed by atoms with Crippen molar-refractivity contribution in [2.24, 2.45) is 0 Å². The largest absolute Gasteiger partial charge is 0.507 e. The van der Waals surface area contributed by atoms with Crippen LogP contribution in [0.25, 0.3) is 5.76 Å². The van der Waals surface area contributed by atoms with Gasteiger partial charge in [0.2, 0.25) is 0 Å². The summed E-state index contributed by atoms with van der Waals surface area (Å²) in [6.07, 6.45) is 3.11. The molecule has 33 heavy (non-hydrogen) atoms. The molecule has 1 N–H and O–H groups in total. The third-order valence-electron chi connectivity index (χ3n) is 5.72. The fourth-order valence-electron chi connectivity index (χ4n) is 4.00. The average molecular weight is 443 g/mol. The molecule has 2 aromatic carbocycles. The monoisotopic (exact) mass is 443 g/mol. The van der Waals surface area contributed by atoms with Gasteiger partial charge in [-0.25, -0.2) is 0 Å². The predicted molar refractivity (Wildman–Crippen MR) is 121 cm³/mol. The summed E-state index contributed by atoms with van der Waals surface area (Å²) in [5, 5.41) is 22.3. The second-order valence-electron chi connectivity index (χ2n) is 7.95. The maximum absolute atomic E-state index is 13.1. The Balaban J connectivity index is 1.88. The van der Waals surface area contributed by atoms with Crippen molar-refractivity contribution in [3.63, 3.8) is 0 Å². The molecular weight excluding hydrogens is 422 g/mol. The van der Waals surface area contributed by atoms with Gasteiger partial charge in [-0.15, -0.1) is 0 Å². The highest BCUT2D eigenvalue weighted by Gasteiger charge is 2.46. The number of carbonyl (C=O) groups excluding carboxylic acids is 2. The van der Waals surface area contributed by atoms with Crippen molar-refractivity contribution < 1.29 is 19.6 Å². The molecule has 1 saturated heterocycles. The van der Waals surface area contributed by atoms with E-state index in [1.165, 1.54) is 35.4 Å². The van der Waals surface area contributed by atoms with Gasteiger partial charge in [0.1, 0.15) is 5.76 Å². The van der Waals surface area contributed by atoms with Gasteiger partial charge in [0, 0.05) is 36.6 Å². The first-order chi connectivity index (χ1) is 15.8. The van der Waals surface area contributed by atoms with Crippen LogP contribution in [0, 0.1) is 24.0 Å². The highest BCUT2D eigenvalue weighted by molar-refractivity contribution is 6.46. The molecule has 0 aliphatic carbocycles. The molecule has 0 saturated carbocycles. The summed E-state index contributed by atoms with van der Waals surface area (Å²) in [6, 6.07) is 13.7. The van der Waals surface area contributed by atoms with Gasteiger partial charge in [-0.3, -0.25) is 24.7 Å². The van der Waals surface area contributed by atoms with Gasteiger partial charge < -0.3 is 10.0 Å². The van der Waals surface area contributed by atoms with Crippen LogP contribution in [0.15, 0.2) is 72.6 Å². The second kappa shape index (κ2) is 8.66. The summed E-state index contributed by atoms with van der Waals surface area (Å²) in [7, 11) is 0. The number of nitrogens with zero attached hydrogens (tertiary/aromatic N) is 3. The van der Waals surface area contributed by atoms with Gasteiger partial charge in [0.05, 0.1) is 16.5 Å². The first-order valence-corrected chi connectivity index (χ1v) is 10.3. The van der Waals surface area contributed by atoms with Crippen LogP contribution in [0.2, 0.25) is 0 Å². The zero-order valence-electron chi connectivity index (χ0n) is 18.1. The predicted octanol–water partition coefficient (Wildman–Crippen LogP) is 4.23. The zero-order chi connectivity index (χ0) is 23.7. The molecule has 2 heterocycles. The van der Waals surface area contributed by atoms with Crippen molar-refractivity contribution in [1.29, 1.82) is 0 Å². The molecule has 1 aliphatic rings. The summed E-state index contributed by atoms with van der Waals surface area (Å²) in [6.45, 7) is 4.02. The maximum Gasteiger partial charge on any atom is 0.295 e. The molecule has 1 fully saturated rings. The number of aryl methyl sites for hydroxylation is 2. The topological polar surface area (TPSA) is 114 Å². The first-order valence-electron chi connectivity index (χ1n) is 10.3. The number of rotatable bonds is 5. The molecule has 0 bridgehead atoms. The third kappa shape index (κ3) is 4.10. The Bertz CT molecular complexity index is 1300. The van der Waals surface area contributed by atoms with Crippen molar-refractivity contribution >= 4 is 23.1 Å². The van der Waals surface area contributed by atoms with E-state index in [0.717, 1.165) is 16.7 Å². The molecule has 4 rings (SSSR count). The maximum atomic E-state index is 13.1. The third-order valence-corrected chi connectivity index (χ3v) is 5.72. The Hall–Kier alpha value is -4.33. The van der Waals surface area contributed by atoms with Crippen LogP contribution in [0.5, 0.6) is 0 Å². The molecule has 1 atom stereocenters. The van der Waals surface area contributed by atoms with Gasteiger partial charge in [-0.1, -0.05) is 42.0 Å². The number of amides is 1. The Morgan fingerprint density at radius 1 is 1.12 bits per heavy atom. The van der Waals surface area contributed by atoms with Crippen molar-refractivity contribution in [1.82, 2.24) is 9.88 Å². The molecule has 3 aromatic rings. The number of ketones is 1. The Labute approximate surface area is 190 Å². The summed E-state index contributed by atoms with van der Waals surface area (Å²) in [5.74, 6) is -2.07. The highest BCUT2D eigenvalue weighted by Crippen LogP contribution is 2.40. The van der Waals surface area contributed by atoms with Gasteiger partial charge in [-0.2, -0.15) is 0 Å². The van der Waals surface area contributed by atoms with Gasteiger partial charge in [0.25, 0.3) is 17.4 Å². The molecule has 8 nitrogen and oxygen atoms in total. The fourth-order valence-corrected chi connectivity index (χ4v) is 4.00. The highest BCUT2D eigenvalue weighted by atomic mass is 16.6. The number of carbonyl (C=O) groups is 2. The van der Waals surface area contributed by atoms with Gasteiger partial charge in [0.15, 0.2) is 0 Å². The lowest BCUT2D eigenvalue weighted by Crippen LogP contribution is -2.29. The minimum atomic E-state index is -0.891. The van der Waals surface area contributed by atoms with Crippen molar-refractivity contribution in [2.45, 2.75) is 26.4 Å². The lowest BCUT2D eigenvalue weighted by Gasteiger charge is -2.26.